The van der Waals surface area contributed by atoms with E-state index in [1.807, 2.05) is 35.7 Å². The van der Waals surface area contributed by atoms with E-state index in [9.17, 15) is 9.59 Å². The summed E-state index contributed by atoms with van der Waals surface area (Å²) in [5, 5.41) is 9.05. The van der Waals surface area contributed by atoms with Crippen LogP contribution in [-0.2, 0) is 9.59 Å². The smallest absolute Gasteiger partial charge is 0.236 e. The van der Waals surface area contributed by atoms with Crippen LogP contribution >= 0.6 is 46.3 Å². The normalized spacial score (nSPS) is 13.1. The molecule has 1 aliphatic carbocycles. The fourth-order valence-corrected chi connectivity index (χ4v) is 4.38. The number of hydrogen-bond donors (Lipinski definition) is 2. The van der Waals surface area contributed by atoms with Crippen molar-refractivity contribution < 1.29 is 9.59 Å². The molecular formula is C21H17Cl2N3O2S2. The third-order valence-electron chi connectivity index (χ3n) is 4.41. The van der Waals surface area contributed by atoms with Crippen LogP contribution in [0, 0.1) is 5.92 Å². The maximum Gasteiger partial charge on any atom is 0.236 e. The molecule has 154 valence electrons. The number of benzene rings is 2. The van der Waals surface area contributed by atoms with E-state index >= 15 is 0 Å². The fraction of sp³-hybridized carbons (Fsp3) is 0.190. The Morgan fingerprint density at radius 3 is 2.53 bits per heavy atom. The minimum absolute atomic E-state index is 0.0819. The topological polar surface area (TPSA) is 71.1 Å². The Morgan fingerprint density at radius 1 is 1.07 bits per heavy atom. The van der Waals surface area contributed by atoms with Crippen LogP contribution < -0.4 is 10.6 Å². The van der Waals surface area contributed by atoms with Crippen molar-refractivity contribution in [3.63, 3.8) is 0 Å². The van der Waals surface area contributed by atoms with E-state index in [4.69, 9.17) is 23.2 Å². The van der Waals surface area contributed by atoms with Crippen LogP contribution in [0.25, 0.3) is 11.3 Å². The molecular weight excluding hydrogens is 461 g/mol. The zero-order chi connectivity index (χ0) is 21.1. The van der Waals surface area contributed by atoms with Crippen LogP contribution in [0.2, 0.25) is 10.0 Å². The number of thiazole rings is 1. The number of amides is 2. The second-order valence-electron chi connectivity index (χ2n) is 6.79. The van der Waals surface area contributed by atoms with Gasteiger partial charge in [-0.05, 0) is 49.2 Å². The van der Waals surface area contributed by atoms with Crippen molar-refractivity contribution in [2.24, 2.45) is 5.92 Å². The maximum absolute atomic E-state index is 12.3. The number of halogens is 2. The summed E-state index contributed by atoms with van der Waals surface area (Å²) in [5.74, 6) is 0.376. The van der Waals surface area contributed by atoms with Gasteiger partial charge in [-0.3, -0.25) is 9.59 Å². The van der Waals surface area contributed by atoms with Crippen molar-refractivity contribution in [1.82, 2.24) is 4.98 Å². The van der Waals surface area contributed by atoms with Crippen LogP contribution in [0.4, 0.5) is 10.8 Å². The van der Waals surface area contributed by atoms with E-state index in [-0.39, 0.29) is 23.5 Å². The molecule has 2 amide bonds. The molecule has 2 aromatic carbocycles. The zero-order valence-electron chi connectivity index (χ0n) is 15.7. The monoisotopic (exact) mass is 477 g/mol. The van der Waals surface area contributed by atoms with Gasteiger partial charge in [0.1, 0.15) is 0 Å². The van der Waals surface area contributed by atoms with Gasteiger partial charge in [0.05, 0.1) is 21.5 Å². The first-order valence-corrected chi connectivity index (χ1v) is 11.8. The standard InChI is InChI=1S/C21H17Cl2N3O2S2/c22-16-8-3-13(9-17(16)23)18-10-30-21(25-18)26-19(27)11-29-15-6-4-14(5-7-15)24-20(28)12-1-2-12/h3-10,12H,1-2,11H2,(H,24,28)(H,25,26,27). The summed E-state index contributed by atoms with van der Waals surface area (Å²) in [5.41, 5.74) is 2.34. The van der Waals surface area contributed by atoms with Crippen LogP contribution in [0.3, 0.4) is 0 Å². The summed E-state index contributed by atoms with van der Waals surface area (Å²) in [6.45, 7) is 0. The number of nitrogens with zero attached hydrogens (tertiary/aromatic N) is 1. The molecule has 2 N–H and O–H groups in total. The second-order valence-corrected chi connectivity index (χ2v) is 9.51. The summed E-state index contributed by atoms with van der Waals surface area (Å²) < 4.78 is 0. The Balaban J connectivity index is 1.28. The van der Waals surface area contributed by atoms with E-state index in [2.05, 4.69) is 15.6 Å². The highest BCUT2D eigenvalue weighted by molar-refractivity contribution is 8.00. The first-order valence-electron chi connectivity index (χ1n) is 9.22. The number of nitrogens with one attached hydrogen (secondary N) is 2. The molecule has 0 bridgehead atoms. The van der Waals surface area contributed by atoms with Crippen molar-refractivity contribution in [3.8, 4) is 11.3 Å². The largest absolute Gasteiger partial charge is 0.326 e. The Kier molecular flexibility index (Phi) is 6.63. The molecule has 5 nitrogen and oxygen atoms in total. The van der Waals surface area contributed by atoms with Gasteiger partial charge < -0.3 is 10.6 Å². The lowest BCUT2D eigenvalue weighted by Crippen LogP contribution is -2.14. The molecule has 30 heavy (non-hydrogen) atoms. The SMILES string of the molecule is O=C(CSc1ccc(NC(=O)C2CC2)cc1)Nc1nc(-c2ccc(Cl)c(Cl)c2)cs1. The molecule has 9 heteroatoms. The van der Waals surface area contributed by atoms with E-state index in [1.54, 1.807) is 12.1 Å². The van der Waals surface area contributed by atoms with E-state index in [0.29, 0.717) is 15.2 Å². The van der Waals surface area contributed by atoms with Crippen LogP contribution in [0.5, 0.6) is 0 Å². The molecule has 1 fully saturated rings. The fourth-order valence-electron chi connectivity index (χ4n) is 2.65. The van der Waals surface area contributed by atoms with Gasteiger partial charge in [0.15, 0.2) is 5.13 Å². The van der Waals surface area contributed by atoms with Gasteiger partial charge >= 0.3 is 0 Å². The maximum atomic E-state index is 12.3. The highest BCUT2D eigenvalue weighted by atomic mass is 35.5. The van der Waals surface area contributed by atoms with Gasteiger partial charge in [-0.15, -0.1) is 23.1 Å². The lowest BCUT2D eigenvalue weighted by molar-refractivity contribution is -0.117. The Morgan fingerprint density at radius 2 is 1.83 bits per heavy atom. The van der Waals surface area contributed by atoms with Crippen LogP contribution in [-0.4, -0.2) is 22.6 Å². The number of carbonyl (C=O) groups excluding carboxylic acids is 2. The third kappa shape index (κ3) is 5.55. The quantitative estimate of drug-likeness (QED) is 0.397. The molecule has 0 aliphatic heterocycles. The molecule has 0 unspecified atom stereocenters. The van der Waals surface area contributed by atoms with Crippen LogP contribution in [0.1, 0.15) is 12.8 Å². The van der Waals surface area contributed by atoms with Crippen molar-refractivity contribution >= 4 is 68.9 Å². The predicted molar refractivity (Wildman–Crippen MR) is 125 cm³/mol. The van der Waals surface area contributed by atoms with Crippen molar-refractivity contribution in [3.05, 3.63) is 57.9 Å². The van der Waals surface area contributed by atoms with Gasteiger partial charge in [0.2, 0.25) is 11.8 Å². The minimum Gasteiger partial charge on any atom is -0.326 e. The molecule has 1 aromatic heterocycles. The molecule has 4 rings (SSSR count). The first kappa shape index (κ1) is 21.2. The van der Waals surface area contributed by atoms with Crippen molar-refractivity contribution in [2.75, 3.05) is 16.4 Å². The highest BCUT2D eigenvalue weighted by Crippen LogP contribution is 2.31. The molecule has 1 aliphatic rings. The summed E-state index contributed by atoms with van der Waals surface area (Å²) >= 11 is 14.8. The second kappa shape index (κ2) is 9.39. The average molecular weight is 478 g/mol. The summed E-state index contributed by atoms with van der Waals surface area (Å²) in [6.07, 6.45) is 1.95. The molecule has 1 heterocycles. The van der Waals surface area contributed by atoms with Crippen LogP contribution in [0.15, 0.2) is 52.7 Å². The molecule has 0 spiro atoms. The first-order chi connectivity index (χ1) is 14.5. The number of thioether (sulfide) groups is 1. The number of rotatable bonds is 7. The summed E-state index contributed by atoms with van der Waals surface area (Å²) in [6, 6.07) is 12.8. The Bertz CT molecular complexity index is 1080. The third-order valence-corrected chi connectivity index (χ3v) is 6.91. The highest BCUT2D eigenvalue weighted by Gasteiger charge is 2.29. The van der Waals surface area contributed by atoms with Crippen molar-refractivity contribution in [1.29, 1.82) is 0 Å². The molecule has 0 atom stereocenters. The minimum atomic E-state index is -0.138. The van der Waals surface area contributed by atoms with Gasteiger partial charge in [-0.1, -0.05) is 29.3 Å². The molecule has 0 saturated heterocycles. The predicted octanol–water partition coefficient (Wildman–Crippen LogP) is 6.20. The van der Waals surface area contributed by atoms with Gasteiger partial charge in [0.25, 0.3) is 0 Å². The number of aromatic nitrogens is 1. The zero-order valence-corrected chi connectivity index (χ0v) is 18.8. The Labute approximate surface area is 192 Å². The summed E-state index contributed by atoms with van der Waals surface area (Å²) in [4.78, 5) is 29.4. The van der Waals surface area contributed by atoms with Gasteiger partial charge in [0, 0.05) is 27.4 Å². The average Bonchev–Trinajstić information content (AvgIpc) is 3.49. The van der Waals surface area contributed by atoms with E-state index < -0.39 is 0 Å². The Hall–Kier alpha value is -2.06. The number of anilines is 2. The molecule has 1 saturated carbocycles. The van der Waals surface area contributed by atoms with Gasteiger partial charge in [-0.2, -0.15) is 0 Å². The van der Waals surface area contributed by atoms with E-state index in [1.165, 1.54) is 23.1 Å². The van der Waals surface area contributed by atoms with Crippen molar-refractivity contribution in [2.45, 2.75) is 17.7 Å². The number of hydrogen-bond acceptors (Lipinski definition) is 5. The van der Waals surface area contributed by atoms with E-state index in [0.717, 1.165) is 34.7 Å². The molecule has 3 aromatic rings. The number of carbonyl (C=O) groups is 2. The van der Waals surface area contributed by atoms with Gasteiger partial charge in [-0.25, -0.2) is 4.98 Å². The lowest BCUT2D eigenvalue weighted by atomic mass is 10.2. The summed E-state index contributed by atoms with van der Waals surface area (Å²) in [7, 11) is 0. The lowest BCUT2D eigenvalue weighted by Gasteiger charge is -2.06. The molecule has 0 radical (unpaired) electrons.